The number of hydrogen-bond donors (Lipinski definition) is 1. The van der Waals surface area contributed by atoms with E-state index in [1.54, 1.807) is 11.3 Å². The van der Waals surface area contributed by atoms with Crippen LogP contribution in [-0.2, 0) is 0 Å². The van der Waals surface area contributed by atoms with Crippen LogP contribution in [0.1, 0.15) is 36.2 Å². The highest BCUT2D eigenvalue weighted by Crippen LogP contribution is 2.31. The maximum Gasteiger partial charge on any atom is 0.137 e. The van der Waals surface area contributed by atoms with Gasteiger partial charge in [0.15, 0.2) is 0 Å². The molecule has 0 radical (unpaired) electrons. The molecule has 1 N–H and O–H groups in total. The average Bonchev–Trinajstić information content (AvgIpc) is 2.95. The van der Waals surface area contributed by atoms with E-state index < -0.39 is 0 Å². The number of nitrogens with one attached hydrogen (secondary N) is 1. The van der Waals surface area contributed by atoms with Gasteiger partial charge in [0, 0.05) is 24.0 Å². The van der Waals surface area contributed by atoms with Gasteiger partial charge in [-0.15, -0.1) is 11.3 Å². The van der Waals surface area contributed by atoms with Crippen molar-refractivity contribution >= 4 is 23.0 Å². The Balaban J connectivity index is 2.36. The zero-order valence-corrected chi connectivity index (χ0v) is 13.6. The molecule has 0 aromatic carbocycles. The van der Waals surface area contributed by atoms with Crippen molar-refractivity contribution in [2.24, 2.45) is 0 Å². The second kappa shape index (κ2) is 6.22. The molecule has 2 aromatic heterocycles. The number of anilines is 2. The molecule has 1 atom stereocenters. The summed E-state index contributed by atoms with van der Waals surface area (Å²) in [5, 5.41) is 5.42. The topological polar surface area (TPSA) is 41.1 Å². The summed E-state index contributed by atoms with van der Waals surface area (Å²) in [5.74, 6) is 2.72. The largest absolute Gasteiger partial charge is 0.370 e. The number of thiophene rings is 1. The lowest BCUT2D eigenvalue weighted by atomic mass is 10.2. The van der Waals surface area contributed by atoms with Crippen molar-refractivity contribution in [3.05, 3.63) is 33.8 Å². The standard InChI is InChI=1S/C15H22N4S/c1-6-16-14-10(2)15(18-12(4)17-14)19(5)11(3)13-8-7-9-20-13/h7-9,11H,6H2,1-5H3,(H,16,17,18). The first-order valence-corrected chi connectivity index (χ1v) is 7.77. The van der Waals surface area contributed by atoms with Crippen LogP contribution in [0.15, 0.2) is 17.5 Å². The summed E-state index contributed by atoms with van der Waals surface area (Å²) in [5.41, 5.74) is 1.10. The van der Waals surface area contributed by atoms with Gasteiger partial charge in [-0.25, -0.2) is 9.97 Å². The highest BCUT2D eigenvalue weighted by molar-refractivity contribution is 7.10. The van der Waals surface area contributed by atoms with Gasteiger partial charge in [0.1, 0.15) is 17.5 Å². The molecule has 0 saturated carbocycles. The molecule has 2 heterocycles. The van der Waals surface area contributed by atoms with Gasteiger partial charge < -0.3 is 10.2 Å². The summed E-state index contributed by atoms with van der Waals surface area (Å²) in [6, 6.07) is 4.56. The highest BCUT2D eigenvalue weighted by atomic mass is 32.1. The second-order valence-electron chi connectivity index (χ2n) is 4.90. The van der Waals surface area contributed by atoms with Crippen molar-refractivity contribution in [3.63, 3.8) is 0 Å². The van der Waals surface area contributed by atoms with Crippen LogP contribution >= 0.6 is 11.3 Å². The predicted molar refractivity (Wildman–Crippen MR) is 86.8 cm³/mol. The first kappa shape index (κ1) is 14.8. The van der Waals surface area contributed by atoms with E-state index in [0.29, 0.717) is 6.04 Å². The molecule has 0 aliphatic rings. The molecule has 0 amide bonds. The van der Waals surface area contributed by atoms with Crippen LogP contribution in [-0.4, -0.2) is 23.6 Å². The van der Waals surface area contributed by atoms with Crippen molar-refractivity contribution < 1.29 is 0 Å². The lowest BCUT2D eigenvalue weighted by molar-refractivity contribution is 0.734. The fraction of sp³-hybridized carbons (Fsp3) is 0.467. The van der Waals surface area contributed by atoms with Crippen LogP contribution in [0.4, 0.5) is 11.6 Å². The normalized spacial score (nSPS) is 12.2. The van der Waals surface area contributed by atoms with E-state index >= 15 is 0 Å². The number of hydrogen-bond acceptors (Lipinski definition) is 5. The Morgan fingerprint density at radius 3 is 2.70 bits per heavy atom. The van der Waals surface area contributed by atoms with E-state index in [0.717, 1.165) is 29.6 Å². The molecule has 0 bridgehead atoms. The fourth-order valence-corrected chi connectivity index (χ4v) is 3.03. The minimum absolute atomic E-state index is 0.303. The molecule has 108 valence electrons. The Morgan fingerprint density at radius 2 is 2.10 bits per heavy atom. The minimum Gasteiger partial charge on any atom is -0.370 e. The maximum absolute atomic E-state index is 4.63. The van der Waals surface area contributed by atoms with Crippen LogP contribution < -0.4 is 10.2 Å². The molecule has 4 nitrogen and oxygen atoms in total. The molecule has 5 heteroatoms. The monoisotopic (exact) mass is 290 g/mol. The van der Waals surface area contributed by atoms with Gasteiger partial charge in [-0.05, 0) is 39.1 Å². The molecule has 0 aliphatic heterocycles. The molecule has 0 spiro atoms. The fourth-order valence-electron chi connectivity index (χ4n) is 2.20. The first-order chi connectivity index (χ1) is 9.54. The summed E-state index contributed by atoms with van der Waals surface area (Å²) in [6.07, 6.45) is 0. The molecular weight excluding hydrogens is 268 g/mol. The smallest absolute Gasteiger partial charge is 0.137 e. The first-order valence-electron chi connectivity index (χ1n) is 6.90. The van der Waals surface area contributed by atoms with Crippen LogP contribution in [0.25, 0.3) is 0 Å². The molecule has 0 aliphatic carbocycles. The van der Waals surface area contributed by atoms with E-state index in [4.69, 9.17) is 0 Å². The maximum atomic E-state index is 4.63. The SMILES string of the molecule is CCNc1nc(C)nc(N(C)C(C)c2cccs2)c1C. The molecule has 0 fully saturated rings. The third-order valence-corrected chi connectivity index (χ3v) is 4.49. The Hall–Kier alpha value is -1.62. The Kier molecular flexibility index (Phi) is 4.60. The molecule has 1 unspecified atom stereocenters. The molecule has 20 heavy (non-hydrogen) atoms. The highest BCUT2D eigenvalue weighted by Gasteiger charge is 2.18. The van der Waals surface area contributed by atoms with Gasteiger partial charge >= 0.3 is 0 Å². The van der Waals surface area contributed by atoms with E-state index in [-0.39, 0.29) is 0 Å². The van der Waals surface area contributed by atoms with Crippen LogP contribution in [0.3, 0.4) is 0 Å². The Bertz CT molecular complexity index is 566. The molecular formula is C15H22N4S. The third-order valence-electron chi connectivity index (χ3n) is 3.45. The quantitative estimate of drug-likeness (QED) is 0.909. The summed E-state index contributed by atoms with van der Waals surface area (Å²) >= 11 is 1.78. The average molecular weight is 290 g/mol. The predicted octanol–water partition coefficient (Wildman–Crippen LogP) is 3.78. The summed E-state index contributed by atoms with van der Waals surface area (Å²) in [6.45, 7) is 9.16. The zero-order valence-electron chi connectivity index (χ0n) is 12.8. The van der Waals surface area contributed by atoms with Crippen molar-refractivity contribution in [1.29, 1.82) is 0 Å². The zero-order chi connectivity index (χ0) is 14.7. The lowest BCUT2D eigenvalue weighted by Gasteiger charge is -2.27. The van der Waals surface area contributed by atoms with E-state index in [1.807, 2.05) is 6.92 Å². The number of aromatic nitrogens is 2. The molecule has 2 rings (SSSR count). The summed E-state index contributed by atoms with van der Waals surface area (Å²) in [4.78, 5) is 12.7. The van der Waals surface area contributed by atoms with Gasteiger partial charge in [-0.3, -0.25) is 0 Å². The summed E-state index contributed by atoms with van der Waals surface area (Å²) < 4.78 is 0. The van der Waals surface area contributed by atoms with E-state index in [1.165, 1.54) is 4.88 Å². The number of aryl methyl sites for hydroxylation is 1. The van der Waals surface area contributed by atoms with Gasteiger partial charge in [0.05, 0.1) is 6.04 Å². The minimum atomic E-state index is 0.303. The van der Waals surface area contributed by atoms with Crippen molar-refractivity contribution in [2.75, 3.05) is 23.8 Å². The molecule has 2 aromatic rings. The van der Waals surface area contributed by atoms with Crippen molar-refractivity contribution in [1.82, 2.24) is 9.97 Å². The van der Waals surface area contributed by atoms with Crippen molar-refractivity contribution in [2.45, 2.75) is 33.7 Å². The van der Waals surface area contributed by atoms with Gasteiger partial charge in [0.25, 0.3) is 0 Å². The second-order valence-corrected chi connectivity index (χ2v) is 5.88. The number of rotatable bonds is 5. The van der Waals surface area contributed by atoms with Crippen LogP contribution in [0.2, 0.25) is 0 Å². The van der Waals surface area contributed by atoms with E-state index in [2.05, 4.69) is 65.5 Å². The van der Waals surface area contributed by atoms with Crippen LogP contribution in [0.5, 0.6) is 0 Å². The Labute approximate surface area is 124 Å². The number of nitrogens with zero attached hydrogens (tertiary/aromatic N) is 3. The third kappa shape index (κ3) is 2.93. The van der Waals surface area contributed by atoms with Crippen molar-refractivity contribution in [3.8, 4) is 0 Å². The van der Waals surface area contributed by atoms with E-state index in [9.17, 15) is 0 Å². The van der Waals surface area contributed by atoms with Gasteiger partial charge in [-0.1, -0.05) is 6.07 Å². The summed E-state index contributed by atoms with van der Waals surface area (Å²) in [7, 11) is 2.09. The van der Waals surface area contributed by atoms with Crippen LogP contribution in [0, 0.1) is 13.8 Å². The lowest BCUT2D eigenvalue weighted by Crippen LogP contribution is -2.24. The molecule has 0 saturated heterocycles. The Morgan fingerprint density at radius 1 is 1.35 bits per heavy atom. The van der Waals surface area contributed by atoms with Gasteiger partial charge in [-0.2, -0.15) is 0 Å². The van der Waals surface area contributed by atoms with Gasteiger partial charge in [0.2, 0.25) is 0 Å².